The molecule has 0 saturated heterocycles. The zero-order chi connectivity index (χ0) is 12.3. The molecule has 0 N–H and O–H groups in total. The molecule has 0 spiro atoms. The third-order valence-electron chi connectivity index (χ3n) is 2.06. The molecule has 0 aliphatic heterocycles. The van der Waals surface area contributed by atoms with Crippen LogP contribution in [0.4, 0.5) is 4.39 Å². The van der Waals surface area contributed by atoms with Crippen LogP contribution >= 0.6 is 0 Å². The molecule has 2 heterocycles. The SMILES string of the molecule is CC(C)c1noc(COc2ccc(F)nc2)n1. The first-order valence-corrected chi connectivity index (χ1v) is 5.22. The average Bonchev–Trinajstić information content (AvgIpc) is 2.77. The lowest BCUT2D eigenvalue weighted by atomic mass is 10.2. The number of nitrogens with zero attached hydrogens (tertiary/aromatic N) is 3. The van der Waals surface area contributed by atoms with E-state index in [1.54, 1.807) is 0 Å². The Labute approximate surface area is 97.6 Å². The first kappa shape index (κ1) is 11.5. The molecule has 2 aromatic rings. The molecule has 0 aliphatic rings. The van der Waals surface area contributed by atoms with Gasteiger partial charge >= 0.3 is 0 Å². The normalized spacial score (nSPS) is 10.8. The molecule has 0 aromatic carbocycles. The molecule has 90 valence electrons. The lowest BCUT2D eigenvalue weighted by molar-refractivity contribution is 0.241. The Balaban J connectivity index is 1.95. The van der Waals surface area contributed by atoms with Gasteiger partial charge in [-0.25, -0.2) is 4.98 Å². The topological polar surface area (TPSA) is 61.0 Å². The van der Waals surface area contributed by atoms with E-state index in [4.69, 9.17) is 9.26 Å². The second-order valence-electron chi connectivity index (χ2n) is 3.81. The van der Waals surface area contributed by atoms with Crippen molar-refractivity contribution in [1.82, 2.24) is 15.1 Å². The van der Waals surface area contributed by atoms with Gasteiger partial charge in [0.2, 0.25) is 5.95 Å². The Kier molecular flexibility index (Phi) is 3.32. The van der Waals surface area contributed by atoms with Crippen molar-refractivity contribution < 1.29 is 13.7 Å². The summed E-state index contributed by atoms with van der Waals surface area (Å²) in [6, 6.07) is 2.71. The van der Waals surface area contributed by atoms with E-state index in [1.807, 2.05) is 13.8 Å². The van der Waals surface area contributed by atoms with Crippen molar-refractivity contribution in [2.75, 3.05) is 0 Å². The van der Waals surface area contributed by atoms with E-state index in [0.29, 0.717) is 17.5 Å². The van der Waals surface area contributed by atoms with Crippen LogP contribution in [-0.4, -0.2) is 15.1 Å². The van der Waals surface area contributed by atoms with Gasteiger partial charge in [-0.1, -0.05) is 19.0 Å². The molecule has 2 rings (SSSR count). The summed E-state index contributed by atoms with van der Waals surface area (Å²) in [5, 5.41) is 3.80. The fraction of sp³-hybridized carbons (Fsp3) is 0.364. The minimum atomic E-state index is -0.544. The molecule has 17 heavy (non-hydrogen) atoms. The molecular formula is C11H12FN3O2. The van der Waals surface area contributed by atoms with Gasteiger partial charge in [-0.15, -0.1) is 0 Å². The number of halogens is 1. The summed E-state index contributed by atoms with van der Waals surface area (Å²) in [5.74, 6) is 1.15. The standard InChI is InChI=1S/C11H12FN3O2/c1-7(2)11-14-10(17-15-11)6-16-8-3-4-9(12)13-5-8/h3-5,7H,6H2,1-2H3. The Hall–Kier alpha value is -1.98. The van der Waals surface area contributed by atoms with Crippen molar-refractivity contribution in [3.05, 3.63) is 36.0 Å². The zero-order valence-corrected chi connectivity index (χ0v) is 9.55. The summed E-state index contributed by atoms with van der Waals surface area (Å²) in [4.78, 5) is 7.61. The van der Waals surface area contributed by atoms with Crippen molar-refractivity contribution in [3.63, 3.8) is 0 Å². The zero-order valence-electron chi connectivity index (χ0n) is 9.55. The highest BCUT2D eigenvalue weighted by Crippen LogP contribution is 2.13. The summed E-state index contributed by atoms with van der Waals surface area (Å²) >= 11 is 0. The van der Waals surface area contributed by atoms with Crippen molar-refractivity contribution in [2.24, 2.45) is 0 Å². The van der Waals surface area contributed by atoms with Gasteiger partial charge in [-0.2, -0.15) is 9.37 Å². The van der Waals surface area contributed by atoms with Gasteiger partial charge in [-0.3, -0.25) is 0 Å². The maximum Gasteiger partial charge on any atom is 0.264 e. The van der Waals surface area contributed by atoms with E-state index in [2.05, 4.69) is 15.1 Å². The van der Waals surface area contributed by atoms with Gasteiger partial charge in [0.25, 0.3) is 5.89 Å². The number of pyridine rings is 1. The molecule has 5 nitrogen and oxygen atoms in total. The van der Waals surface area contributed by atoms with Crippen LogP contribution in [0.1, 0.15) is 31.5 Å². The van der Waals surface area contributed by atoms with Crippen LogP contribution in [0.5, 0.6) is 5.75 Å². The number of hydrogen-bond donors (Lipinski definition) is 0. The summed E-state index contributed by atoms with van der Waals surface area (Å²) in [7, 11) is 0. The summed E-state index contributed by atoms with van der Waals surface area (Å²) in [6.07, 6.45) is 1.30. The minimum Gasteiger partial charge on any atom is -0.482 e. The predicted octanol–water partition coefficient (Wildman–Crippen LogP) is 2.31. The highest BCUT2D eigenvalue weighted by molar-refractivity contribution is 5.16. The smallest absolute Gasteiger partial charge is 0.264 e. The van der Waals surface area contributed by atoms with Crippen LogP contribution < -0.4 is 4.74 Å². The van der Waals surface area contributed by atoms with Crippen LogP contribution in [0.3, 0.4) is 0 Å². The maximum atomic E-state index is 12.5. The van der Waals surface area contributed by atoms with E-state index >= 15 is 0 Å². The van der Waals surface area contributed by atoms with Gasteiger partial charge in [0.15, 0.2) is 12.4 Å². The first-order chi connectivity index (χ1) is 8.15. The Bertz CT molecular complexity index is 482. The number of hydrogen-bond acceptors (Lipinski definition) is 5. The van der Waals surface area contributed by atoms with E-state index in [1.165, 1.54) is 18.3 Å². The Morgan fingerprint density at radius 3 is 2.82 bits per heavy atom. The minimum absolute atomic E-state index is 0.146. The van der Waals surface area contributed by atoms with Crippen LogP contribution in [0.25, 0.3) is 0 Å². The van der Waals surface area contributed by atoms with Gasteiger partial charge < -0.3 is 9.26 Å². The lowest BCUT2D eigenvalue weighted by Gasteiger charge is -2.01. The Morgan fingerprint density at radius 1 is 1.41 bits per heavy atom. The van der Waals surface area contributed by atoms with E-state index < -0.39 is 5.95 Å². The average molecular weight is 237 g/mol. The van der Waals surface area contributed by atoms with E-state index in [9.17, 15) is 4.39 Å². The summed E-state index contributed by atoms with van der Waals surface area (Å²) < 4.78 is 22.8. The second kappa shape index (κ2) is 4.90. The second-order valence-corrected chi connectivity index (χ2v) is 3.81. The van der Waals surface area contributed by atoms with Gasteiger partial charge in [0.05, 0.1) is 6.20 Å². The quantitative estimate of drug-likeness (QED) is 0.763. The first-order valence-electron chi connectivity index (χ1n) is 5.22. The molecule has 0 atom stereocenters. The third kappa shape index (κ3) is 2.99. The largest absolute Gasteiger partial charge is 0.482 e. The molecule has 0 fully saturated rings. The highest BCUT2D eigenvalue weighted by Gasteiger charge is 2.09. The fourth-order valence-corrected chi connectivity index (χ4v) is 1.15. The molecule has 0 bridgehead atoms. The van der Waals surface area contributed by atoms with Crippen molar-refractivity contribution in [1.29, 1.82) is 0 Å². The lowest BCUT2D eigenvalue weighted by Crippen LogP contribution is -1.97. The fourth-order valence-electron chi connectivity index (χ4n) is 1.15. The van der Waals surface area contributed by atoms with Gasteiger partial charge in [0.1, 0.15) is 5.75 Å². The molecule has 0 radical (unpaired) electrons. The van der Waals surface area contributed by atoms with Crippen LogP contribution in [0.15, 0.2) is 22.9 Å². The van der Waals surface area contributed by atoms with Crippen molar-refractivity contribution in [2.45, 2.75) is 26.4 Å². The van der Waals surface area contributed by atoms with E-state index in [0.717, 1.165) is 0 Å². The third-order valence-corrected chi connectivity index (χ3v) is 2.06. The van der Waals surface area contributed by atoms with Crippen LogP contribution in [0.2, 0.25) is 0 Å². The van der Waals surface area contributed by atoms with Crippen LogP contribution in [-0.2, 0) is 6.61 Å². The highest BCUT2D eigenvalue weighted by atomic mass is 19.1. The Morgan fingerprint density at radius 2 is 2.24 bits per heavy atom. The van der Waals surface area contributed by atoms with Crippen molar-refractivity contribution >= 4 is 0 Å². The van der Waals surface area contributed by atoms with Gasteiger partial charge in [-0.05, 0) is 12.1 Å². The number of aromatic nitrogens is 3. The molecule has 0 aliphatic carbocycles. The number of rotatable bonds is 4. The molecule has 0 unspecified atom stereocenters. The van der Waals surface area contributed by atoms with Gasteiger partial charge in [0, 0.05) is 5.92 Å². The maximum absolute atomic E-state index is 12.5. The molecule has 6 heteroatoms. The van der Waals surface area contributed by atoms with Crippen LogP contribution in [0, 0.1) is 5.95 Å². The van der Waals surface area contributed by atoms with Crippen molar-refractivity contribution in [3.8, 4) is 5.75 Å². The monoisotopic (exact) mass is 237 g/mol. The molecule has 0 saturated carbocycles. The summed E-state index contributed by atoms with van der Waals surface area (Å²) in [6.45, 7) is 4.09. The molecular weight excluding hydrogens is 225 g/mol. The number of ether oxygens (including phenoxy) is 1. The molecule has 0 amide bonds. The summed E-state index contributed by atoms with van der Waals surface area (Å²) in [5.41, 5.74) is 0. The van der Waals surface area contributed by atoms with E-state index in [-0.39, 0.29) is 12.5 Å². The predicted molar refractivity (Wildman–Crippen MR) is 56.9 cm³/mol. The molecule has 2 aromatic heterocycles.